The smallest absolute Gasteiger partial charge is 0.269 e. The Morgan fingerprint density at radius 3 is 2.35 bits per heavy atom. The first-order valence-electron chi connectivity index (χ1n) is 8.19. The molecule has 0 saturated carbocycles. The number of benzene rings is 2. The van der Waals surface area contributed by atoms with E-state index in [2.05, 4.69) is 0 Å². The number of piperazine rings is 1. The predicted molar refractivity (Wildman–Crippen MR) is 92.7 cm³/mol. The quantitative estimate of drug-likeness (QED) is 0.615. The molecule has 0 atom stereocenters. The predicted octanol–water partition coefficient (Wildman–Crippen LogP) is 0.823. The van der Waals surface area contributed by atoms with Crippen molar-refractivity contribution in [3.8, 4) is 0 Å². The lowest BCUT2D eigenvalue weighted by Crippen LogP contribution is -3.13. The van der Waals surface area contributed by atoms with Crippen molar-refractivity contribution in [2.24, 2.45) is 0 Å². The Hall–Kier alpha value is -2.36. The number of sulfonamides is 1. The fraction of sp³-hybridized carbons (Fsp3) is 0.294. The van der Waals surface area contributed by atoms with E-state index in [0.717, 1.165) is 5.56 Å². The number of nitro benzene ring substituents is 1. The highest BCUT2D eigenvalue weighted by Gasteiger charge is 2.30. The number of nitrogens with one attached hydrogen (secondary N) is 1. The second-order valence-corrected chi connectivity index (χ2v) is 8.15. The maximum Gasteiger partial charge on any atom is 0.269 e. The Kier molecular flexibility index (Phi) is 5.30. The summed E-state index contributed by atoms with van der Waals surface area (Å²) >= 11 is 0. The largest absolute Gasteiger partial charge is 0.329 e. The summed E-state index contributed by atoms with van der Waals surface area (Å²) < 4.78 is 40.0. The van der Waals surface area contributed by atoms with E-state index >= 15 is 0 Å². The Bertz CT molecular complexity index is 894. The Balaban J connectivity index is 1.64. The number of quaternary nitrogens is 1. The summed E-state index contributed by atoms with van der Waals surface area (Å²) in [6.45, 7) is 2.57. The highest BCUT2D eigenvalue weighted by atomic mass is 32.2. The highest BCUT2D eigenvalue weighted by molar-refractivity contribution is 7.89. The molecule has 0 aromatic heterocycles. The van der Waals surface area contributed by atoms with Gasteiger partial charge in [0.05, 0.1) is 36.0 Å². The Morgan fingerprint density at radius 1 is 1.12 bits per heavy atom. The van der Waals surface area contributed by atoms with Crippen molar-refractivity contribution in [1.82, 2.24) is 4.31 Å². The first kappa shape index (κ1) is 18.4. The van der Waals surface area contributed by atoms with Crippen LogP contribution in [0.5, 0.6) is 0 Å². The van der Waals surface area contributed by atoms with E-state index in [1.165, 1.54) is 45.6 Å². The lowest BCUT2D eigenvalue weighted by Gasteiger charge is -2.31. The van der Waals surface area contributed by atoms with Crippen LogP contribution in [-0.2, 0) is 16.6 Å². The van der Waals surface area contributed by atoms with Gasteiger partial charge in [-0.15, -0.1) is 0 Å². The molecule has 7 nitrogen and oxygen atoms in total. The number of halogens is 1. The van der Waals surface area contributed by atoms with Crippen LogP contribution in [0, 0.1) is 15.9 Å². The van der Waals surface area contributed by atoms with Crippen molar-refractivity contribution in [2.75, 3.05) is 26.2 Å². The standard InChI is InChI=1S/C17H18FN3O4S/c18-15-3-1-2-14(12-15)13-19-8-10-20(11-9-19)26(24,25)17-6-4-16(5-7-17)21(22)23/h1-7,12H,8-11,13H2/p+1. The third kappa shape index (κ3) is 4.06. The first-order valence-corrected chi connectivity index (χ1v) is 9.63. The zero-order valence-corrected chi connectivity index (χ0v) is 14.8. The molecule has 1 fully saturated rings. The minimum absolute atomic E-state index is 0.0525. The molecule has 0 unspecified atom stereocenters. The molecule has 0 amide bonds. The van der Waals surface area contributed by atoms with Gasteiger partial charge in [0.1, 0.15) is 12.4 Å². The molecule has 1 saturated heterocycles. The SMILES string of the molecule is O=[N+]([O-])c1ccc(S(=O)(=O)N2CC[NH+](Cc3cccc(F)c3)CC2)cc1. The number of non-ortho nitro benzene ring substituents is 1. The van der Waals surface area contributed by atoms with Gasteiger partial charge < -0.3 is 4.90 Å². The van der Waals surface area contributed by atoms with Crippen molar-refractivity contribution in [1.29, 1.82) is 0 Å². The van der Waals surface area contributed by atoms with Crippen molar-refractivity contribution in [3.05, 3.63) is 70.0 Å². The molecule has 0 radical (unpaired) electrons. The molecule has 3 rings (SSSR count). The first-order chi connectivity index (χ1) is 12.4. The van der Waals surface area contributed by atoms with Gasteiger partial charge >= 0.3 is 0 Å². The van der Waals surface area contributed by atoms with Gasteiger partial charge in [0, 0.05) is 17.7 Å². The average molecular weight is 380 g/mol. The Labute approximate surface area is 150 Å². The summed E-state index contributed by atoms with van der Waals surface area (Å²) in [5, 5.41) is 10.7. The molecule has 138 valence electrons. The van der Waals surface area contributed by atoms with Gasteiger partial charge in [-0.05, 0) is 24.3 Å². The molecule has 0 spiro atoms. The summed E-state index contributed by atoms with van der Waals surface area (Å²) in [6, 6.07) is 11.3. The summed E-state index contributed by atoms with van der Waals surface area (Å²) in [5.41, 5.74) is 0.736. The average Bonchev–Trinajstić information content (AvgIpc) is 2.62. The van der Waals surface area contributed by atoms with Gasteiger partial charge in [-0.25, -0.2) is 12.8 Å². The number of hydrogen-bond donors (Lipinski definition) is 1. The topological polar surface area (TPSA) is 85.0 Å². The van der Waals surface area contributed by atoms with E-state index in [4.69, 9.17) is 0 Å². The van der Waals surface area contributed by atoms with Gasteiger partial charge in [0.15, 0.2) is 0 Å². The van der Waals surface area contributed by atoms with Crippen LogP contribution in [0.2, 0.25) is 0 Å². The highest BCUT2D eigenvalue weighted by Crippen LogP contribution is 2.19. The Morgan fingerprint density at radius 2 is 1.77 bits per heavy atom. The zero-order chi connectivity index (χ0) is 18.7. The molecule has 1 aliphatic rings. The number of nitrogens with zero attached hydrogens (tertiary/aromatic N) is 2. The van der Waals surface area contributed by atoms with Crippen LogP contribution in [-0.4, -0.2) is 43.8 Å². The normalized spacial score (nSPS) is 16.5. The van der Waals surface area contributed by atoms with Crippen LogP contribution in [0.1, 0.15) is 5.56 Å². The molecule has 26 heavy (non-hydrogen) atoms. The number of rotatable bonds is 5. The summed E-state index contributed by atoms with van der Waals surface area (Å²) in [7, 11) is -3.67. The van der Waals surface area contributed by atoms with E-state index in [0.29, 0.717) is 32.7 Å². The summed E-state index contributed by atoms with van der Waals surface area (Å²) in [6.07, 6.45) is 0. The fourth-order valence-corrected chi connectivity index (χ4v) is 4.49. The molecule has 2 aromatic rings. The molecule has 0 bridgehead atoms. The second-order valence-electron chi connectivity index (χ2n) is 6.21. The van der Waals surface area contributed by atoms with Crippen molar-refractivity contribution in [2.45, 2.75) is 11.4 Å². The monoisotopic (exact) mass is 380 g/mol. The van der Waals surface area contributed by atoms with E-state index in [1.807, 2.05) is 6.07 Å². The van der Waals surface area contributed by atoms with Gasteiger partial charge in [-0.3, -0.25) is 10.1 Å². The van der Waals surface area contributed by atoms with Crippen molar-refractivity contribution >= 4 is 15.7 Å². The van der Waals surface area contributed by atoms with Crippen LogP contribution in [0.3, 0.4) is 0 Å². The maximum atomic E-state index is 13.3. The lowest BCUT2D eigenvalue weighted by atomic mass is 10.2. The molecule has 9 heteroatoms. The van der Waals surface area contributed by atoms with E-state index in [9.17, 15) is 22.9 Å². The van der Waals surface area contributed by atoms with Gasteiger partial charge in [-0.1, -0.05) is 12.1 Å². The molecular weight excluding hydrogens is 361 g/mol. The fourth-order valence-electron chi connectivity index (χ4n) is 3.04. The van der Waals surface area contributed by atoms with Crippen LogP contribution in [0.25, 0.3) is 0 Å². The third-order valence-electron chi connectivity index (χ3n) is 4.46. The van der Waals surface area contributed by atoms with E-state index < -0.39 is 14.9 Å². The van der Waals surface area contributed by atoms with Gasteiger partial charge in [-0.2, -0.15) is 4.31 Å². The maximum absolute atomic E-state index is 13.3. The number of nitro groups is 1. The number of hydrogen-bond acceptors (Lipinski definition) is 4. The van der Waals surface area contributed by atoms with Crippen molar-refractivity contribution in [3.63, 3.8) is 0 Å². The van der Waals surface area contributed by atoms with Gasteiger partial charge in [0.25, 0.3) is 5.69 Å². The van der Waals surface area contributed by atoms with E-state index in [1.54, 1.807) is 6.07 Å². The molecule has 2 aromatic carbocycles. The molecule has 1 heterocycles. The molecule has 1 aliphatic heterocycles. The van der Waals surface area contributed by atoms with Crippen LogP contribution < -0.4 is 4.90 Å². The van der Waals surface area contributed by atoms with Gasteiger partial charge in [0.2, 0.25) is 10.0 Å². The van der Waals surface area contributed by atoms with Crippen molar-refractivity contribution < 1.29 is 22.6 Å². The zero-order valence-electron chi connectivity index (χ0n) is 14.0. The molecular formula is C17H19FN3O4S+. The van der Waals surface area contributed by atoms with Crippen LogP contribution >= 0.6 is 0 Å². The summed E-state index contributed by atoms with van der Waals surface area (Å²) in [4.78, 5) is 11.4. The van der Waals surface area contributed by atoms with E-state index in [-0.39, 0.29) is 16.4 Å². The lowest BCUT2D eigenvalue weighted by molar-refractivity contribution is -0.917. The minimum atomic E-state index is -3.67. The summed E-state index contributed by atoms with van der Waals surface area (Å²) in [5.74, 6) is -0.277. The minimum Gasteiger partial charge on any atom is -0.329 e. The van der Waals surface area contributed by atoms with Crippen LogP contribution in [0.4, 0.5) is 10.1 Å². The third-order valence-corrected chi connectivity index (χ3v) is 6.37. The van der Waals surface area contributed by atoms with Crippen LogP contribution in [0.15, 0.2) is 53.4 Å². The molecule has 1 N–H and O–H groups in total. The second kappa shape index (κ2) is 7.48. The molecule has 0 aliphatic carbocycles.